The fourth-order valence-electron chi connectivity index (χ4n) is 3.50. The average molecular weight is 415 g/mol. The third kappa shape index (κ3) is 4.26. The van der Waals surface area contributed by atoms with Crippen LogP contribution in [0.3, 0.4) is 0 Å². The highest BCUT2D eigenvalue weighted by Crippen LogP contribution is 2.25. The molecule has 0 saturated heterocycles. The molecule has 1 amide bonds. The van der Waals surface area contributed by atoms with E-state index in [9.17, 15) is 4.79 Å². The summed E-state index contributed by atoms with van der Waals surface area (Å²) in [6, 6.07) is 15.5. The molecule has 0 aliphatic heterocycles. The summed E-state index contributed by atoms with van der Waals surface area (Å²) in [4.78, 5) is 22.0. The Morgan fingerprint density at radius 3 is 2.52 bits per heavy atom. The van der Waals surface area contributed by atoms with Crippen molar-refractivity contribution in [2.75, 3.05) is 11.9 Å². The Balaban J connectivity index is 1.62. The van der Waals surface area contributed by atoms with E-state index in [1.807, 2.05) is 76.2 Å². The van der Waals surface area contributed by atoms with Gasteiger partial charge in [-0.25, -0.2) is 9.50 Å². The second kappa shape index (κ2) is 8.55. The SMILES string of the molecule is CCOc1ccccc1NC(=O)Cc1c(C)nc2nc(-c3ccc(C)cc3)nn2c1C. The Kier molecular flexibility index (Phi) is 5.66. The predicted molar refractivity (Wildman–Crippen MR) is 120 cm³/mol. The topological polar surface area (TPSA) is 81.4 Å². The molecule has 31 heavy (non-hydrogen) atoms. The molecule has 1 N–H and O–H groups in total. The minimum absolute atomic E-state index is 0.140. The van der Waals surface area contributed by atoms with Gasteiger partial charge in [0.1, 0.15) is 5.75 Å². The van der Waals surface area contributed by atoms with Crippen molar-refractivity contribution in [1.82, 2.24) is 19.6 Å². The van der Waals surface area contributed by atoms with Crippen molar-refractivity contribution in [3.8, 4) is 17.1 Å². The molecule has 2 aromatic carbocycles. The highest BCUT2D eigenvalue weighted by Gasteiger charge is 2.17. The van der Waals surface area contributed by atoms with Crippen LogP contribution in [0.2, 0.25) is 0 Å². The number of fused-ring (bicyclic) bond motifs is 1. The van der Waals surface area contributed by atoms with Crippen molar-refractivity contribution >= 4 is 17.4 Å². The molecule has 0 fully saturated rings. The number of para-hydroxylation sites is 2. The van der Waals surface area contributed by atoms with Crippen LogP contribution in [0.25, 0.3) is 17.2 Å². The summed E-state index contributed by atoms with van der Waals surface area (Å²) in [6.45, 7) is 8.31. The van der Waals surface area contributed by atoms with E-state index < -0.39 is 0 Å². The van der Waals surface area contributed by atoms with Gasteiger partial charge in [-0.2, -0.15) is 4.98 Å². The number of ether oxygens (including phenoxy) is 1. The number of nitrogens with zero attached hydrogens (tertiary/aromatic N) is 4. The number of rotatable bonds is 6. The molecule has 0 aliphatic carbocycles. The van der Waals surface area contributed by atoms with Gasteiger partial charge in [-0.05, 0) is 39.8 Å². The zero-order valence-electron chi connectivity index (χ0n) is 18.1. The zero-order valence-corrected chi connectivity index (χ0v) is 18.1. The first-order chi connectivity index (χ1) is 15.0. The van der Waals surface area contributed by atoms with E-state index in [1.165, 1.54) is 5.56 Å². The highest BCUT2D eigenvalue weighted by molar-refractivity contribution is 5.94. The summed E-state index contributed by atoms with van der Waals surface area (Å²) in [5, 5.41) is 7.58. The maximum atomic E-state index is 12.8. The van der Waals surface area contributed by atoms with Crippen molar-refractivity contribution in [2.24, 2.45) is 0 Å². The Bertz CT molecular complexity index is 1250. The smallest absolute Gasteiger partial charge is 0.253 e. The monoisotopic (exact) mass is 415 g/mol. The number of aromatic nitrogens is 4. The Morgan fingerprint density at radius 1 is 1.03 bits per heavy atom. The standard InChI is InChI=1S/C24H25N5O2/c1-5-31-21-9-7-6-8-20(21)26-22(30)14-19-16(3)25-24-27-23(28-29(24)17(19)4)18-12-10-15(2)11-13-18/h6-13H,5,14H2,1-4H3,(H,26,30). The number of anilines is 1. The van der Waals surface area contributed by atoms with Crippen molar-refractivity contribution in [2.45, 2.75) is 34.1 Å². The molecule has 0 spiro atoms. The van der Waals surface area contributed by atoms with E-state index in [0.717, 1.165) is 22.5 Å². The van der Waals surface area contributed by atoms with Gasteiger partial charge in [0.05, 0.1) is 18.7 Å². The lowest BCUT2D eigenvalue weighted by Crippen LogP contribution is -2.18. The van der Waals surface area contributed by atoms with Gasteiger partial charge in [-0.1, -0.05) is 42.0 Å². The van der Waals surface area contributed by atoms with E-state index in [-0.39, 0.29) is 12.3 Å². The summed E-state index contributed by atoms with van der Waals surface area (Å²) >= 11 is 0. The van der Waals surface area contributed by atoms with Gasteiger partial charge in [0, 0.05) is 22.5 Å². The molecule has 7 heteroatoms. The predicted octanol–water partition coefficient (Wildman–Crippen LogP) is 4.30. The van der Waals surface area contributed by atoms with E-state index in [1.54, 1.807) is 4.52 Å². The number of benzene rings is 2. The van der Waals surface area contributed by atoms with Gasteiger partial charge in [0.2, 0.25) is 5.91 Å². The Hall–Kier alpha value is -3.74. The summed E-state index contributed by atoms with van der Waals surface area (Å²) in [7, 11) is 0. The maximum absolute atomic E-state index is 12.8. The van der Waals surface area contributed by atoms with Crippen LogP contribution in [-0.2, 0) is 11.2 Å². The first kappa shape index (κ1) is 20.5. The molecule has 0 aliphatic rings. The third-order valence-electron chi connectivity index (χ3n) is 5.16. The first-order valence-corrected chi connectivity index (χ1v) is 10.3. The molecule has 2 aromatic heterocycles. The van der Waals surface area contributed by atoms with E-state index >= 15 is 0 Å². The molecule has 0 saturated carbocycles. The second-order valence-corrected chi connectivity index (χ2v) is 7.43. The fraction of sp³-hybridized carbons (Fsp3) is 0.250. The fourth-order valence-corrected chi connectivity index (χ4v) is 3.50. The van der Waals surface area contributed by atoms with E-state index in [2.05, 4.69) is 20.4 Å². The minimum atomic E-state index is -0.140. The van der Waals surface area contributed by atoms with Gasteiger partial charge in [0.15, 0.2) is 5.82 Å². The number of nitrogens with one attached hydrogen (secondary N) is 1. The van der Waals surface area contributed by atoms with Gasteiger partial charge < -0.3 is 10.1 Å². The van der Waals surface area contributed by atoms with E-state index in [0.29, 0.717) is 29.6 Å². The van der Waals surface area contributed by atoms with Crippen LogP contribution >= 0.6 is 0 Å². The first-order valence-electron chi connectivity index (χ1n) is 10.3. The van der Waals surface area contributed by atoms with Crippen LogP contribution in [-0.4, -0.2) is 32.1 Å². The third-order valence-corrected chi connectivity index (χ3v) is 5.16. The molecule has 0 unspecified atom stereocenters. The largest absolute Gasteiger partial charge is 0.492 e. The lowest BCUT2D eigenvalue weighted by molar-refractivity contribution is -0.115. The molecule has 0 atom stereocenters. The molecule has 158 valence electrons. The van der Waals surface area contributed by atoms with Gasteiger partial charge in [0.25, 0.3) is 5.78 Å². The minimum Gasteiger partial charge on any atom is -0.492 e. The number of carbonyl (C=O) groups excluding carboxylic acids is 1. The second-order valence-electron chi connectivity index (χ2n) is 7.43. The summed E-state index contributed by atoms with van der Waals surface area (Å²) in [5.74, 6) is 1.65. The van der Waals surface area contributed by atoms with Crippen molar-refractivity contribution in [3.63, 3.8) is 0 Å². The Labute approximate surface area is 181 Å². The molecule has 0 bridgehead atoms. The molecule has 4 aromatic rings. The molecular weight excluding hydrogens is 390 g/mol. The van der Waals surface area contributed by atoms with Crippen LogP contribution in [0.4, 0.5) is 5.69 Å². The summed E-state index contributed by atoms with van der Waals surface area (Å²) in [5.41, 5.74) is 5.21. The molecule has 2 heterocycles. The normalized spacial score (nSPS) is 11.0. The lowest BCUT2D eigenvalue weighted by atomic mass is 10.1. The van der Waals surface area contributed by atoms with Crippen molar-refractivity contribution in [1.29, 1.82) is 0 Å². The van der Waals surface area contributed by atoms with Crippen LogP contribution in [0.5, 0.6) is 5.75 Å². The number of hydrogen-bond acceptors (Lipinski definition) is 5. The van der Waals surface area contributed by atoms with Gasteiger partial charge in [-0.3, -0.25) is 4.79 Å². The number of aryl methyl sites for hydroxylation is 3. The molecule has 0 radical (unpaired) electrons. The van der Waals surface area contributed by atoms with Crippen molar-refractivity contribution < 1.29 is 9.53 Å². The van der Waals surface area contributed by atoms with Crippen LogP contribution in [0, 0.1) is 20.8 Å². The van der Waals surface area contributed by atoms with Crippen LogP contribution in [0.1, 0.15) is 29.4 Å². The molecule has 4 rings (SSSR count). The van der Waals surface area contributed by atoms with Gasteiger partial charge >= 0.3 is 0 Å². The number of amides is 1. The zero-order chi connectivity index (χ0) is 22.0. The lowest BCUT2D eigenvalue weighted by Gasteiger charge is -2.13. The van der Waals surface area contributed by atoms with Gasteiger partial charge in [-0.15, -0.1) is 5.10 Å². The maximum Gasteiger partial charge on any atom is 0.253 e. The number of carbonyl (C=O) groups is 1. The highest BCUT2D eigenvalue weighted by atomic mass is 16.5. The summed E-state index contributed by atoms with van der Waals surface area (Å²) in [6.07, 6.45) is 0.181. The number of hydrogen-bond donors (Lipinski definition) is 1. The Morgan fingerprint density at radius 2 is 1.77 bits per heavy atom. The summed E-state index contributed by atoms with van der Waals surface area (Å²) < 4.78 is 7.30. The van der Waals surface area contributed by atoms with Crippen LogP contribution < -0.4 is 10.1 Å². The molecule has 7 nitrogen and oxygen atoms in total. The van der Waals surface area contributed by atoms with Crippen molar-refractivity contribution in [3.05, 3.63) is 71.0 Å². The average Bonchev–Trinajstić information content (AvgIpc) is 3.17. The van der Waals surface area contributed by atoms with E-state index in [4.69, 9.17) is 4.74 Å². The quantitative estimate of drug-likeness (QED) is 0.508. The van der Waals surface area contributed by atoms with Crippen LogP contribution in [0.15, 0.2) is 48.5 Å². The molecular formula is C24H25N5O2.